The number of hydrogen-bond donors (Lipinski definition) is 2. The molecule has 2 N–H and O–H groups in total. The summed E-state index contributed by atoms with van der Waals surface area (Å²) in [5.41, 5.74) is 1.21. The standard InChI is InChI=1S/C12H15FO3/c1-7-3-4-9(13)6-10(7)11(14)5-8(2)12(15)16/h3-4,6,8,11,14H,5H2,1-2H3,(H,15,16). The molecule has 0 aliphatic heterocycles. The van der Waals surface area contributed by atoms with Gasteiger partial charge < -0.3 is 10.2 Å². The second kappa shape index (κ2) is 5.07. The van der Waals surface area contributed by atoms with Crippen molar-refractivity contribution in [2.45, 2.75) is 26.4 Å². The largest absolute Gasteiger partial charge is 0.481 e. The van der Waals surface area contributed by atoms with Crippen LogP contribution in [0.2, 0.25) is 0 Å². The highest BCUT2D eigenvalue weighted by atomic mass is 19.1. The van der Waals surface area contributed by atoms with Crippen molar-refractivity contribution < 1.29 is 19.4 Å². The summed E-state index contributed by atoms with van der Waals surface area (Å²) in [6.45, 7) is 3.27. The molecule has 0 heterocycles. The quantitative estimate of drug-likeness (QED) is 0.828. The average Bonchev–Trinajstić information content (AvgIpc) is 2.21. The molecule has 0 aliphatic carbocycles. The number of carboxylic acids is 1. The highest BCUT2D eigenvalue weighted by molar-refractivity contribution is 5.69. The van der Waals surface area contributed by atoms with E-state index in [2.05, 4.69) is 0 Å². The second-order valence-corrected chi connectivity index (χ2v) is 3.99. The van der Waals surface area contributed by atoms with E-state index in [9.17, 15) is 14.3 Å². The fourth-order valence-electron chi connectivity index (χ4n) is 1.53. The summed E-state index contributed by atoms with van der Waals surface area (Å²) >= 11 is 0. The first-order valence-electron chi connectivity index (χ1n) is 5.08. The first-order valence-corrected chi connectivity index (χ1v) is 5.08. The summed E-state index contributed by atoms with van der Waals surface area (Å²) in [5.74, 6) is -2.05. The summed E-state index contributed by atoms with van der Waals surface area (Å²) in [5, 5.41) is 18.5. The van der Waals surface area contributed by atoms with E-state index < -0.39 is 23.8 Å². The molecule has 0 aliphatic rings. The van der Waals surface area contributed by atoms with Crippen molar-refractivity contribution >= 4 is 5.97 Å². The van der Waals surface area contributed by atoms with Gasteiger partial charge in [-0.05, 0) is 36.6 Å². The number of aryl methyl sites for hydroxylation is 1. The molecular formula is C12H15FO3. The molecule has 1 rings (SSSR count). The maximum Gasteiger partial charge on any atom is 0.306 e. The van der Waals surface area contributed by atoms with Gasteiger partial charge >= 0.3 is 5.97 Å². The second-order valence-electron chi connectivity index (χ2n) is 3.99. The van der Waals surface area contributed by atoms with Crippen molar-refractivity contribution in [1.29, 1.82) is 0 Å². The Bertz CT molecular complexity index is 390. The molecule has 88 valence electrons. The number of carbonyl (C=O) groups is 1. The average molecular weight is 226 g/mol. The highest BCUT2D eigenvalue weighted by Gasteiger charge is 2.19. The maximum absolute atomic E-state index is 13.0. The lowest BCUT2D eigenvalue weighted by atomic mass is 9.95. The van der Waals surface area contributed by atoms with Gasteiger partial charge in [-0.1, -0.05) is 13.0 Å². The molecule has 0 aromatic heterocycles. The number of hydrogen-bond acceptors (Lipinski definition) is 2. The van der Waals surface area contributed by atoms with Crippen LogP contribution in [0.4, 0.5) is 4.39 Å². The fraction of sp³-hybridized carbons (Fsp3) is 0.417. The van der Waals surface area contributed by atoms with Crippen molar-refractivity contribution in [1.82, 2.24) is 0 Å². The lowest BCUT2D eigenvalue weighted by Crippen LogP contribution is -2.14. The minimum atomic E-state index is -0.965. The van der Waals surface area contributed by atoms with E-state index in [0.29, 0.717) is 5.56 Å². The molecule has 0 amide bonds. The van der Waals surface area contributed by atoms with Gasteiger partial charge in [-0.25, -0.2) is 4.39 Å². The van der Waals surface area contributed by atoms with Gasteiger partial charge in [0.2, 0.25) is 0 Å². The SMILES string of the molecule is Cc1ccc(F)cc1C(O)CC(C)C(=O)O. The van der Waals surface area contributed by atoms with Crippen LogP contribution >= 0.6 is 0 Å². The van der Waals surface area contributed by atoms with Gasteiger partial charge in [0.05, 0.1) is 12.0 Å². The molecule has 1 aromatic rings. The number of rotatable bonds is 4. The number of halogens is 1. The van der Waals surface area contributed by atoms with Gasteiger partial charge in [-0.2, -0.15) is 0 Å². The van der Waals surface area contributed by atoms with E-state index in [1.54, 1.807) is 13.0 Å². The maximum atomic E-state index is 13.0. The number of aliphatic carboxylic acids is 1. The summed E-state index contributed by atoms with van der Waals surface area (Å²) in [4.78, 5) is 10.6. The van der Waals surface area contributed by atoms with Gasteiger partial charge in [-0.15, -0.1) is 0 Å². The van der Waals surface area contributed by atoms with E-state index in [0.717, 1.165) is 5.56 Å². The van der Waals surface area contributed by atoms with Gasteiger partial charge in [0, 0.05) is 0 Å². The van der Waals surface area contributed by atoms with Crippen LogP contribution in [-0.4, -0.2) is 16.2 Å². The molecule has 0 fully saturated rings. The first kappa shape index (κ1) is 12.6. The molecule has 0 saturated heterocycles. The third-order valence-corrected chi connectivity index (χ3v) is 2.60. The van der Waals surface area contributed by atoms with Gasteiger partial charge in [0.1, 0.15) is 5.82 Å². The van der Waals surface area contributed by atoms with Gasteiger partial charge in [-0.3, -0.25) is 4.79 Å². The van der Waals surface area contributed by atoms with Crippen molar-refractivity contribution in [3.05, 3.63) is 35.1 Å². The Morgan fingerprint density at radius 2 is 2.12 bits per heavy atom. The molecule has 0 radical (unpaired) electrons. The predicted octanol–water partition coefficient (Wildman–Crippen LogP) is 2.28. The van der Waals surface area contributed by atoms with Crippen LogP contribution in [0, 0.1) is 18.7 Å². The van der Waals surface area contributed by atoms with Crippen LogP contribution in [0.1, 0.15) is 30.6 Å². The molecule has 4 heteroatoms. The number of carboxylic acid groups (broad SMARTS) is 1. The molecule has 16 heavy (non-hydrogen) atoms. The van der Waals surface area contributed by atoms with E-state index in [1.165, 1.54) is 19.1 Å². The predicted molar refractivity (Wildman–Crippen MR) is 57.5 cm³/mol. The van der Waals surface area contributed by atoms with Crippen molar-refractivity contribution in [2.75, 3.05) is 0 Å². The summed E-state index contributed by atoms with van der Waals surface area (Å²) in [7, 11) is 0. The summed E-state index contributed by atoms with van der Waals surface area (Å²) < 4.78 is 13.0. The third-order valence-electron chi connectivity index (χ3n) is 2.60. The fourth-order valence-corrected chi connectivity index (χ4v) is 1.53. The molecule has 0 saturated carbocycles. The summed E-state index contributed by atoms with van der Waals surface area (Å²) in [6, 6.07) is 4.13. The monoisotopic (exact) mass is 226 g/mol. The van der Waals surface area contributed by atoms with Crippen molar-refractivity contribution in [2.24, 2.45) is 5.92 Å². The van der Waals surface area contributed by atoms with E-state index in [1.807, 2.05) is 0 Å². The summed E-state index contributed by atoms with van der Waals surface area (Å²) in [6.07, 6.45) is -0.860. The zero-order chi connectivity index (χ0) is 12.3. The van der Waals surface area contributed by atoms with Crippen LogP contribution in [0.15, 0.2) is 18.2 Å². The zero-order valence-corrected chi connectivity index (χ0v) is 9.27. The van der Waals surface area contributed by atoms with Gasteiger partial charge in [0.15, 0.2) is 0 Å². The van der Waals surface area contributed by atoms with Gasteiger partial charge in [0.25, 0.3) is 0 Å². The molecule has 0 bridgehead atoms. The Balaban J connectivity index is 2.83. The van der Waals surface area contributed by atoms with Crippen LogP contribution in [-0.2, 0) is 4.79 Å². The molecule has 2 unspecified atom stereocenters. The topological polar surface area (TPSA) is 57.5 Å². The Morgan fingerprint density at radius 1 is 1.50 bits per heavy atom. The molecule has 2 atom stereocenters. The van der Waals surface area contributed by atoms with Crippen LogP contribution in [0.25, 0.3) is 0 Å². The Morgan fingerprint density at radius 3 is 2.69 bits per heavy atom. The number of benzene rings is 1. The minimum absolute atomic E-state index is 0.0830. The molecule has 1 aromatic carbocycles. The normalized spacial score (nSPS) is 14.5. The van der Waals surface area contributed by atoms with Crippen LogP contribution in [0.5, 0.6) is 0 Å². The van der Waals surface area contributed by atoms with Crippen molar-refractivity contribution in [3.63, 3.8) is 0 Å². The van der Waals surface area contributed by atoms with E-state index >= 15 is 0 Å². The van der Waals surface area contributed by atoms with Crippen LogP contribution < -0.4 is 0 Å². The highest BCUT2D eigenvalue weighted by Crippen LogP contribution is 2.24. The Hall–Kier alpha value is -1.42. The molecule has 0 spiro atoms. The van der Waals surface area contributed by atoms with E-state index in [4.69, 9.17) is 5.11 Å². The minimum Gasteiger partial charge on any atom is -0.481 e. The Kier molecular flexibility index (Phi) is 4.01. The zero-order valence-electron chi connectivity index (χ0n) is 9.27. The first-order chi connectivity index (χ1) is 7.41. The lowest BCUT2D eigenvalue weighted by Gasteiger charge is -2.15. The molecule has 3 nitrogen and oxygen atoms in total. The van der Waals surface area contributed by atoms with E-state index in [-0.39, 0.29) is 6.42 Å². The third kappa shape index (κ3) is 3.03. The molecular weight excluding hydrogens is 211 g/mol. The Labute approximate surface area is 93.5 Å². The number of aliphatic hydroxyl groups excluding tert-OH is 1. The number of aliphatic hydroxyl groups is 1. The van der Waals surface area contributed by atoms with Crippen molar-refractivity contribution in [3.8, 4) is 0 Å². The lowest BCUT2D eigenvalue weighted by molar-refractivity contribution is -0.142. The van der Waals surface area contributed by atoms with Crippen LogP contribution in [0.3, 0.4) is 0 Å². The smallest absolute Gasteiger partial charge is 0.306 e.